The minimum Gasteiger partial charge on any atom is -0.465 e. The average Bonchev–Trinajstić information content (AvgIpc) is 3.31. The molecule has 0 radical (unpaired) electrons. The summed E-state index contributed by atoms with van der Waals surface area (Å²) < 4.78 is 4.92. The van der Waals surface area contributed by atoms with Gasteiger partial charge >= 0.3 is 5.97 Å². The van der Waals surface area contributed by atoms with Gasteiger partial charge in [0.15, 0.2) is 0 Å². The van der Waals surface area contributed by atoms with Crippen LogP contribution in [0.4, 0.5) is 0 Å². The first-order valence-electron chi connectivity index (χ1n) is 9.84. The van der Waals surface area contributed by atoms with Gasteiger partial charge < -0.3 is 15.0 Å². The van der Waals surface area contributed by atoms with Crippen molar-refractivity contribution in [2.24, 2.45) is 0 Å². The highest BCUT2D eigenvalue weighted by Gasteiger charge is 2.28. The van der Waals surface area contributed by atoms with E-state index in [1.807, 2.05) is 65.6 Å². The number of carbonyl (C=O) groups is 2. The van der Waals surface area contributed by atoms with Crippen LogP contribution in [0, 0.1) is 0 Å². The summed E-state index contributed by atoms with van der Waals surface area (Å²) in [7, 11) is 1.37. The number of amides is 1. The monoisotopic (exact) mass is 388 g/mol. The summed E-state index contributed by atoms with van der Waals surface area (Å²) in [6, 6.07) is 21.2. The van der Waals surface area contributed by atoms with Crippen LogP contribution in [0.3, 0.4) is 0 Å². The van der Waals surface area contributed by atoms with Gasteiger partial charge in [-0.25, -0.2) is 4.79 Å². The van der Waals surface area contributed by atoms with Crippen molar-refractivity contribution in [2.75, 3.05) is 20.2 Å². The lowest BCUT2D eigenvalue weighted by atomic mass is 10.0. The molecule has 3 aromatic rings. The Bertz CT molecular complexity index is 1040. The molecule has 1 amide bonds. The van der Waals surface area contributed by atoms with Crippen molar-refractivity contribution in [3.63, 3.8) is 0 Å². The highest BCUT2D eigenvalue weighted by molar-refractivity contribution is 5.99. The molecule has 1 unspecified atom stereocenters. The number of methoxy groups -OCH3 is 1. The Morgan fingerprint density at radius 2 is 1.79 bits per heavy atom. The minimum atomic E-state index is -0.386. The third-order valence-electron chi connectivity index (χ3n) is 5.50. The molecule has 3 aromatic carbocycles. The molecule has 1 atom stereocenters. The van der Waals surface area contributed by atoms with Gasteiger partial charge in [-0.05, 0) is 47.5 Å². The van der Waals surface area contributed by atoms with Crippen molar-refractivity contribution in [3.8, 4) is 0 Å². The van der Waals surface area contributed by atoms with Crippen LogP contribution in [0.15, 0.2) is 66.7 Å². The molecule has 1 heterocycles. The third-order valence-corrected chi connectivity index (χ3v) is 5.50. The normalized spacial score (nSPS) is 16.0. The SMILES string of the molecule is COC(=O)c1ccccc1CN(C(=O)c1ccc2ccccc2c1)C1CCNC1. The van der Waals surface area contributed by atoms with Gasteiger partial charge in [0.2, 0.25) is 0 Å². The lowest BCUT2D eigenvalue weighted by molar-refractivity contribution is 0.0588. The molecular formula is C24H24N2O3. The zero-order chi connectivity index (χ0) is 20.2. The van der Waals surface area contributed by atoms with Crippen LogP contribution in [0.5, 0.6) is 0 Å². The van der Waals surface area contributed by atoms with E-state index in [0.717, 1.165) is 35.8 Å². The standard InChI is InChI=1S/C24H24N2O3/c1-29-24(28)22-9-5-4-8-20(22)16-26(21-12-13-25-15-21)23(27)19-11-10-17-6-2-3-7-18(17)14-19/h2-11,14,21,25H,12-13,15-16H2,1H3. The summed E-state index contributed by atoms with van der Waals surface area (Å²) in [5, 5.41) is 5.48. The number of esters is 1. The Kier molecular flexibility index (Phi) is 5.58. The Morgan fingerprint density at radius 1 is 1.03 bits per heavy atom. The fourth-order valence-corrected chi connectivity index (χ4v) is 3.91. The second kappa shape index (κ2) is 8.45. The predicted octanol–water partition coefficient (Wildman–Crippen LogP) is 3.63. The molecule has 5 heteroatoms. The number of nitrogens with zero attached hydrogens (tertiary/aromatic N) is 1. The molecule has 1 aliphatic heterocycles. The maximum absolute atomic E-state index is 13.5. The van der Waals surface area contributed by atoms with Crippen LogP contribution >= 0.6 is 0 Å². The molecule has 0 aliphatic carbocycles. The summed E-state index contributed by atoms with van der Waals surface area (Å²) in [6.45, 7) is 1.99. The van der Waals surface area contributed by atoms with Crippen molar-refractivity contribution < 1.29 is 14.3 Å². The largest absolute Gasteiger partial charge is 0.465 e. The van der Waals surface area contributed by atoms with Gasteiger partial charge in [0.05, 0.1) is 12.7 Å². The van der Waals surface area contributed by atoms with Crippen molar-refractivity contribution in [1.29, 1.82) is 0 Å². The van der Waals surface area contributed by atoms with Gasteiger partial charge in [-0.3, -0.25) is 4.79 Å². The van der Waals surface area contributed by atoms with Crippen LogP contribution in [0.2, 0.25) is 0 Å². The van der Waals surface area contributed by atoms with Crippen LogP contribution in [0.25, 0.3) is 10.8 Å². The molecule has 5 nitrogen and oxygen atoms in total. The molecular weight excluding hydrogens is 364 g/mol. The molecule has 29 heavy (non-hydrogen) atoms. The number of rotatable bonds is 5. The molecule has 1 N–H and O–H groups in total. The van der Waals surface area contributed by atoms with Crippen molar-refractivity contribution in [1.82, 2.24) is 10.2 Å². The van der Waals surface area contributed by atoms with Crippen LogP contribution < -0.4 is 5.32 Å². The molecule has 1 fully saturated rings. The maximum atomic E-state index is 13.5. The highest BCUT2D eigenvalue weighted by Crippen LogP contribution is 2.22. The zero-order valence-electron chi connectivity index (χ0n) is 16.4. The molecule has 1 aliphatic rings. The van der Waals surface area contributed by atoms with E-state index in [1.165, 1.54) is 7.11 Å². The number of ether oxygens (including phenoxy) is 1. The Morgan fingerprint density at radius 3 is 2.55 bits per heavy atom. The second-order valence-electron chi connectivity index (χ2n) is 7.29. The van der Waals surface area contributed by atoms with E-state index < -0.39 is 0 Å². The summed E-state index contributed by atoms with van der Waals surface area (Å²) in [5.41, 5.74) is 1.95. The maximum Gasteiger partial charge on any atom is 0.338 e. The van der Waals surface area contributed by atoms with E-state index >= 15 is 0 Å². The molecule has 148 valence electrons. The van der Waals surface area contributed by atoms with Gasteiger partial charge in [0.25, 0.3) is 5.91 Å². The summed E-state index contributed by atoms with van der Waals surface area (Å²) in [4.78, 5) is 27.6. The van der Waals surface area contributed by atoms with Gasteiger partial charge in [-0.15, -0.1) is 0 Å². The Balaban J connectivity index is 1.69. The van der Waals surface area contributed by atoms with E-state index in [0.29, 0.717) is 17.7 Å². The lowest BCUT2D eigenvalue weighted by Gasteiger charge is -2.29. The van der Waals surface area contributed by atoms with Gasteiger partial charge in [-0.2, -0.15) is 0 Å². The summed E-state index contributed by atoms with van der Waals surface area (Å²) >= 11 is 0. The smallest absolute Gasteiger partial charge is 0.338 e. The number of carbonyl (C=O) groups excluding carboxylic acids is 2. The summed E-state index contributed by atoms with van der Waals surface area (Å²) in [6.07, 6.45) is 0.889. The van der Waals surface area contributed by atoms with Crippen molar-refractivity contribution in [3.05, 3.63) is 83.4 Å². The molecule has 0 bridgehead atoms. The zero-order valence-corrected chi connectivity index (χ0v) is 16.4. The number of hydrogen-bond donors (Lipinski definition) is 1. The molecule has 4 rings (SSSR count). The molecule has 0 saturated carbocycles. The highest BCUT2D eigenvalue weighted by atomic mass is 16.5. The fourth-order valence-electron chi connectivity index (χ4n) is 3.91. The van der Waals surface area contributed by atoms with E-state index in [2.05, 4.69) is 5.32 Å². The Hall–Kier alpha value is -3.18. The second-order valence-corrected chi connectivity index (χ2v) is 7.29. The average molecular weight is 388 g/mol. The van der Waals surface area contributed by atoms with Crippen LogP contribution in [-0.2, 0) is 11.3 Å². The third kappa shape index (κ3) is 4.00. The first-order chi connectivity index (χ1) is 14.2. The fraction of sp³-hybridized carbons (Fsp3) is 0.250. The van der Waals surface area contributed by atoms with Gasteiger partial charge in [-0.1, -0.05) is 48.5 Å². The van der Waals surface area contributed by atoms with Crippen molar-refractivity contribution >= 4 is 22.6 Å². The van der Waals surface area contributed by atoms with E-state index in [1.54, 1.807) is 6.07 Å². The number of benzene rings is 3. The van der Waals surface area contributed by atoms with Gasteiger partial charge in [0.1, 0.15) is 0 Å². The van der Waals surface area contributed by atoms with Gasteiger partial charge in [0, 0.05) is 24.7 Å². The lowest BCUT2D eigenvalue weighted by Crippen LogP contribution is -2.41. The number of fused-ring (bicyclic) bond motifs is 1. The first kappa shape index (κ1) is 19.2. The summed E-state index contributed by atoms with van der Waals surface area (Å²) in [5.74, 6) is -0.410. The van der Waals surface area contributed by atoms with Crippen molar-refractivity contribution in [2.45, 2.75) is 19.0 Å². The van der Waals surface area contributed by atoms with E-state index in [-0.39, 0.29) is 17.9 Å². The quantitative estimate of drug-likeness (QED) is 0.678. The number of nitrogens with one attached hydrogen (secondary N) is 1. The molecule has 0 aromatic heterocycles. The topological polar surface area (TPSA) is 58.6 Å². The van der Waals surface area contributed by atoms with Crippen LogP contribution in [0.1, 0.15) is 32.7 Å². The van der Waals surface area contributed by atoms with E-state index in [9.17, 15) is 9.59 Å². The molecule has 1 saturated heterocycles. The van der Waals surface area contributed by atoms with E-state index in [4.69, 9.17) is 4.74 Å². The Labute approximate surface area is 170 Å². The number of hydrogen-bond acceptors (Lipinski definition) is 4. The first-order valence-corrected chi connectivity index (χ1v) is 9.84. The predicted molar refractivity (Wildman–Crippen MR) is 113 cm³/mol. The van der Waals surface area contributed by atoms with Crippen LogP contribution in [-0.4, -0.2) is 43.0 Å². The minimum absolute atomic E-state index is 0.0240. The molecule has 0 spiro atoms.